The van der Waals surface area contributed by atoms with Crippen LogP contribution in [0.15, 0.2) is 54.7 Å². The number of aromatic amines is 1. The molecule has 1 aromatic heterocycles. The zero-order chi connectivity index (χ0) is 19.7. The average Bonchev–Trinajstić information content (AvgIpc) is 3.20. The van der Waals surface area contributed by atoms with Gasteiger partial charge in [0.1, 0.15) is 0 Å². The van der Waals surface area contributed by atoms with E-state index in [-0.39, 0.29) is 18.8 Å². The van der Waals surface area contributed by atoms with Gasteiger partial charge in [0.05, 0.1) is 16.9 Å². The van der Waals surface area contributed by atoms with Crippen molar-refractivity contribution in [2.45, 2.75) is 6.42 Å². The number of rotatable bonds is 7. The van der Waals surface area contributed by atoms with Gasteiger partial charge in [-0.2, -0.15) is 0 Å². The molecule has 4 rings (SSSR count). The largest absolute Gasteiger partial charge is 0.361 e. The molecule has 0 unspecified atom stereocenters. The van der Waals surface area contributed by atoms with Crippen LogP contribution in [0, 0.1) is 0 Å². The minimum atomic E-state index is -3.62. The van der Waals surface area contributed by atoms with Crippen LogP contribution in [0.25, 0.3) is 10.9 Å². The molecule has 0 saturated heterocycles. The van der Waals surface area contributed by atoms with Gasteiger partial charge in [-0.25, -0.2) is 13.1 Å². The first-order valence-corrected chi connectivity index (χ1v) is 10.6. The first-order chi connectivity index (χ1) is 13.5. The Morgan fingerprint density at radius 3 is 2.29 bits per heavy atom. The Bertz CT molecular complexity index is 1130. The second-order valence-corrected chi connectivity index (χ2v) is 8.56. The third-order valence-corrected chi connectivity index (χ3v) is 6.22. The van der Waals surface area contributed by atoms with Gasteiger partial charge >= 0.3 is 0 Å². The van der Waals surface area contributed by atoms with Crippen LogP contribution in [-0.2, 0) is 16.4 Å². The summed E-state index contributed by atoms with van der Waals surface area (Å²) in [6, 6.07) is 14.3. The maximum Gasteiger partial charge on any atom is 0.261 e. The van der Waals surface area contributed by atoms with E-state index < -0.39 is 21.8 Å². The van der Waals surface area contributed by atoms with E-state index in [1.807, 2.05) is 30.5 Å². The van der Waals surface area contributed by atoms with Crippen molar-refractivity contribution in [1.29, 1.82) is 0 Å². The van der Waals surface area contributed by atoms with Crippen molar-refractivity contribution in [1.82, 2.24) is 14.6 Å². The number of sulfonamides is 1. The van der Waals surface area contributed by atoms with Gasteiger partial charge in [-0.05, 0) is 30.2 Å². The fourth-order valence-corrected chi connectivity index (χ4v) is 4.39. The number of carbonyl (C=O) groups excluding carboxylic acids is 2. The van der Waals surface area contributed by atoms with E-state index in [1.165, 1.54) is 0 Å². The molecule has 0 aliphatic carbocycles. The molecule has 2 amide bonds. The summed E-state index contributed by atoms with van der Waals surface area (Å²) in [6.07, 6.45) is 2.41. The minimum Gasteiger partial charge on any atom is -0.361 e. The minimum absolute atomic E-state index is 0.172. The van der Waals surface area contributed by atoms with Gasteiger partial charge in [-0.3, -0.25) is 14.5 Å². The molecule has 0 spiro atoms. The summed E-state index contributed by atoms with van der Waals surface area (Å²) < 4.78 is 27.1. The molecule has 1 aliphatic rings. The lowest BCUT2D eigenvalue weighted by Crippen LogP contribution is -2.38. The number of carbonyl (C=O) groups is 2. The highest BCUT2D eigenvalue weighted by Gasteiger charge is 2.35. The summed E-state index contributed by atoms with van der Waals surface area (Å²) in [5.74, 6) is -1.23. The van der Waals surface area contributed by atoms with E-state index in [2.05, 4.69) is 9.71 Å². The highest BCUT2D eigenvalue weighted by molar-refractivity contribution is 7.89. The fraction of sp³-hybridized carbons (Fsp3) is 0.200. The Morgan fingerprint density at radius 2 is 1.57 bits per heavy atom. The summed E-state index contributed by atoms with van der Waals surface area (Å²) in [4.78, 5) is 28.8. The SMILES string of the molecule is O=C1c2ccccc2C(=O)N1CCS(=O)(=O)NCCc1c[nH]c2ccccc12. The zero-order valence-corrected chi connectivity index (χ0v) is 15.8. The summed E-state index contributed by atoms with van der Waals surface area (Å²) in [5, 5.41) is 1.06. The summed E-state index contributed by atoms with van der Waals surface area (Å²) >= 11 is 0. The second kappa shape index (κ2) is 7.21. The first kappa shape index (κ1) is 18.4. The van der Waals surface area contributed by atoms with Gasteiger partial charge in [-0.1, -0.05) is 30.3 Å². The van der Waals surface area contributed by atoms with Crippen LogP contribution < -0.4 is 4.72 Å². The van der Waals surface area contributed by atoms with Crippen LogP contribution in [0.5, 0.6) is 0 Å². The van der Waals surface area contributed by atoms with Crippen LogP contribution in [0.3, 0.4) is 0 Å². The molecule has 144 valence electrons. The molecule has 1 aliphatic heterocycles. The number of nitrogens with zero attached hydrogens (tertiary/aromatic N) is 1. The van der Waals surface area contributed by atoms with Crippen LogP contribution in [0.2, 0.25) is 0 Å². The van der Waals surface area contributed by atoms with Crippen molar-refractivity contribution < 1.29 is 18.0 Å². The number of fused-ring (bicyclic) bond motifs is 2. The van der Waals surface area contributed by atoms with Crippen molar-refractivity contribution in [2.24, 2.45) is 0 Å². The average molecular weight is 397 g/mol. The van der Waals surface area contributed by atoms with Gasteiger partial charge in [0, 0.05) is 30.2 Å². The lowest BCUT2D eigenvalue weighted by molar-refractivity contribution is 0.0664. The predicted octanol–water partition coefficient (Wildman–Crippen LogP) is 1.93. The van der Waals surface area contributed by atoms with Gasteiger partial charge in [0.2, 0.25) is 10.0 Å². The molecule has 28 heavy (non-hydrogen) atoms. The molecule has 7 nitrogen and oxygen atoms in total. The fourth-order valence-electron chi connectivity index (χ4n) is 3.41. The number of amides is 2. The van der Waals surface area contributed by atoms with Gasteiger partial charge < -0.3 is 4.98 Å². The lowest BCUT2D eigenvalue weighted by atomic mass is 10.1. The number of H-pyrrole nitrogens is 1. The summed E-state index contributed by atoms with van der Waals surface area (Å²) in [6.45, 7) is 0.0705. The maximum absolute atomic E-state index is 12.3. The number of aromatic nitrogens is 1. The molecule has 8 heteroatoms. The Morgan fingerprint density at radius 1 is 0.929 bits per heavy atom. The van der Waals surface area contributed by atoms with E-state index in [1.54, 1.807) is 24.3 Å². The Balaban J connectivity index is 1.34. The Hall–Kier alpha value is -2.97. The molecule has 2 heterocycles. The number of nitrogens with one attached hydrogen (secondary N) is 2. The second-order valence-electron chi connectivity index (χ2n) is 6.63. The Labute approximate surface area is 162 Å². The van der Waals surface area contributed by atoms with Crippen molar-refractivity contribution in [2.75, 3.05) is 18.8 Å². The quantitative estimate of drug-likeness (QED) is 0.595. The zero-order valence-electron chi connectivity index (χ0n) is 15.0. The highest BCUT2D eigenvalue weighted by Crippen LogP contribution is 2.22. The van der Waals surface area contributed by atoms with Crippen molar-refractivity contribution in [3.63, 3.8) is 0 Å². The molecule has 2 aromatic carbocycles. The summed E-state index contributed by atoms with van der Waals surface area (Å²) in [7, 11) is -3.62. The predicted molar refractivity (Wildman–Crippen MR) is 106 cm³/mol. The molecule has 0 bridgehead atoms. The molecule has 0 radical (unpaired) electrons. The first-order valence-electron chi connectivity index (χ1n) is 8.94. The standard InChI is InChI=1S/C20H19N3O4S/c24-19-16-6-1-2-7-17(16)20(25)23(19)11-12-28(26,27)22-10-9-14-13-21-18-8-4-3-5-15(14)18/h1-8,13,21-22H,9-12H2. The molecule has 3 aromatic rings. The number of benzene rings is 2. The topological polar surface area (TPSA) is 99.3 Å². The monoisotopic (exact) mass is 397 g/mol. The van der Waals surface area contributed by atoms with Crippen molar-refractivity contribution in [3.05, 3.63) is 71.4 Å². The number of hydrogen-bond donors (Lipinski definition) is 2. The van der Waals surface area contributed by atoms with Crippen LogP contribution >= 0.6 is 0 Å². The van der Waals surface area contributed by atoms with Gasteiger partial charge in [0.25, 0.3) is 11.8 Å². The normalized spacial score (nSPS) is 14.1. The molecule has 0 fully saturated rings. The van der Waals surface area contributed by atoms with Gasteiger partial charge in [0.15, 0.2) is 0 Å². The van der Waals surface area contributed by atoms with Crippen molar-refractivity contribution >= 4 is 32.7 Å². The summed E-state index contributed by atoms with van der Waals surface area (Å²) in [5.41, 5.74) is 2.67. The van der Waals surface area contributed by atoms with Gasteiger partial charge in [-0.15, -0.1) is 0 Å². The molecular weight excluding hydrogens is 378 g/mol. The maximum atomic E-state index is 12.3. The van der Waals surface area contributed by atoms with E-state index in [0.717, 1.165) is 21.4 Å². The smallest absolute Gasteiger partial charge is 0.261 e. The van der Waals surface area contributed by atoms with Crippen LogP contribution in [-0.4, -0.2) is 49.0 Å². The van der Waals surface area contributed by atoms with E-state index in [0.29, 0.717) is 17.5 Å². The molecular formula is C20H19N3O4S. The van der Waals surface area contributed by atoms with Crippen molar-refractivity contribution in [3.8, 4) is 0 Å². The highest BCUT2D eigenvalue weighted by atomic mass is 32.2. The third-order valence-electron chi connectivity index (χ3n) is 4.85. The number of imide groups is 1. The van der Waals surface area contributed by atoms with Crippen LogP contribution in [0.1, 0.15) is 26.3 Å². The van der Waals surface area contributed by atoms with E-state index >= 15 is 0 Å². The molecule has 2 N–H and O–H groups in total. The van der Waals surface area contributed by atoms with E-state index in [4.69, 9.17) is 0 Å². The van der Waals surface area contributed by atoms with E-state index in [9.17, 15) is 18.0 Å². The lowest BCUT2D eigenvalue weighted by Gasteiger charge is -2.14. The third kappa shape index (κ3) is 3.44. The van der Waals surface area contributed by atoms with Crippen LogP contribution in [0.4, 0.5) is 0 Å². The Kier molecular flexibility index (Phi) is 4.74. The number of para-hydroxylation sites is 1. The molecule has 0 atom stereocenters. The number of hydrogen-bond acceptors (Lipinski definition) is 4. The molecule has 0 saturated carbocycles.